The SMILES string of the molecule is CCOC(=O)c1ncc2ncsc2c1OS(=O)C(F)(F)F. The highest BCUT2D eigenvalue weighted by atomic mass is 32.2. The highest BCUT2D eigenvalue weighted by Crippen LogP contribution is 2.34. The number of rotatable bonds is 4. The van der Waals surface area contributed by atoms with Crippen LogP contribution in [0, 0.1) is 0 Å². The van der Waals surface area contributed by atoms with Gasteiger partial charge in [-0.3, -0.25) is 0 Å². The number of carbonyl (C=O) groups excluding carboxylic acids is 1. The molecule has 6 nitrogen and oxygen atoms in total. The van der Waals surface area contributed by atoms with Crippen molar-refractivity contribution in [2.75, 3.05) is 6.61 Å². The van der Waals surface area contributed by atoms with Crippen molar-refractivity contribution in [1.29, 1.82) is 0 Å². The van der Waals surface area contributed by atoms with Gasteiger partial charge in [0.2, 0.25) is 0 Å². The Balaban J connectivity index is 2.51. The van der Waals surface area contributed by atoms with E-state index in [9.17, 15) is 22.2 Å². The van der Waals surface area contributed by atoms with Crippen LogP contribution in [0.4, 0.5) is 13.2 Å². The number of nitrogens with zero attached hydrogens (tertiary/aromatic N) is 2. The van der Waals surface area contributed by atoms with Crippen LogP contribution in [-0.4, -0.2) is 32.3 Å². The summed E-state index contributed by atoms with van der Waals surface area (Å²) in [5.74, 6) is -1.52. The molecule has 2 aromatic heterocycles. The molecule has 0 fully saturated rings. The summed E-state index contributed by atoms with van der Waals surface area (Å²) in [5, 5.41) is 0. The Morgan fingerprint density at radius 3 is 2.76 bits per heavy atom. The van der Waals surface area contributed by atoms with Crippen molar-refractivity contribution in [3.05, 3.63) is 17.4 Å². The molecule has 0 aliphatic heterocycles. The highest BCUT2D eigenvalue weighted by molar-refractivity contribution is 7.81. The molecule has 2 rings (SSSR count). The summed E-state index contributed by atoms with van der Waals surface area (Å²) in [4.78, 5) is 19.2. The standard InChI is InChI=1S/C10H7F3N2O4S2/c1-2-18-9(16)6-7(19-21(17)10(11,12)13)8-5(3-14-6)15-4-20-8/h3-4H,2H2,1H3. The molecule has 0 saturated carbocycles. The molecule has 0 bridgehead atoms. The minimum Gasteiger partial charge on any atom is -0.461 e. The van der Waals surface area contributed by atoms with E-state index in [1.165, 1.54) is 18.6 Å². The number of alkyl halides is 3. The van der Waals surface area contributed by atoms with Gasteiger partial charge < -0.3 is 8.92 Å². The molecule has 0 amide bonds. The summed E-state index contributed by atoms with van der Waals surface area (Å²) >= 11 is -2.70. The summed E-state index contributed by atoms with van der Waals surface area (Å²) in [6.07, 6.45) is 1.20. The largest absolute Gasteiger partial charge is 0.508 e. The molecule has 0 radical (unpaired) electrons. The van der Waals surface area contributed by atoms with E-state index in [1.807, 2.05) is 0 Å². The van der Waals surface area contributed by atoms with Crippen LogP contribution < -0.4 is 4.18 Å². The van der Waals surface area contributed by atoms with E-state index in [4.69, 9.17) is 0 Å². The van der Waals surface area contributed by atoms with Crippen LogP contribution in [0.25, 0.3) is 10.2 Å². The predicted octanol–water partition coefficient (Wildman–Crippen LogP) is 2.43. The predicted molar refractivity (Wildman–Crippen MR) is 68.2 cm³/mol. The van der Waals surface area contributed by atoms with E-state index in [2.05, 4.69) is 18.9 Å². The molecule has 0 aromatic carbocycles. The Hall–Kier alpha value is -1.75. The third-order valence-electron chi connectivity index (χ3n) is 2.15. The quantitative estimate of drug-likeness (QED) is 0.796. The van der Waals surface area contributed by atoms with Crippen molar-refractivity contribution in [2.45, 2.75) is 12.4 Å². The molecule has 1 atom stereocenters. The molecule has 0 aliphatic carbocycles. The highest BCUT2D eigenvalue weighted by Gasteiger charge is 2.41. The van der Waals surface area contributed by atoms with Gasteiger partial charge in [-0.25, -0.2) is 19.0 Å². The van der Waals surface area contributed by atoms with Gasteiger partial charge in [0, 0.05) is 0 Å². The summed E-state index contributed by atoms with van der Waals surface area (Å²) in [6.45, 7) is 1.53. The molecule has 0 saturated heterocycles. The molecule has 21 heavy (non-hydrogen) atoms. The number of thiazole rings is 1. The minimum absolute atomic E-state index is 0.00302. The van der Waals surface area contributed by atoms with Crippen molar-refractivity contribution in [2.24, 2.45) is 0 Å². The number of pyridine rings is 1. The lowest BCUT2D eigenvalue weighted by Gasteiger charge is -2.10. The first-order valence-electron chi connectivity index (χ1n) is 5.40. The van der Waals surface area contributed by atoms with E-state index in [-0.39, 0.29) is 16.8 Å². The number of carbonyl (C=O) groups is 1. The molecule has 0 spiro atoms. The second-order valence-electron chi connectivity index (χ2n) is 3.49. The van der Waals surface area contributed by atoms with E-state index < -0.39 is 34.0 Å². The van der Waals surface area contributed by atoms with Crippen molar-refractivity contribution in [3.63, 3.8) is 0 Å². The molecule has 0 aliphatic rings. The summed E-state index contributed by atoms with van der Waals surface area (Å²) in [5.41, 5.74) is -4.00. The molecule has 2 heterocycles. The molecule has 0 N–H and O–H groups in total. The average molecular weight is 340 g/mol. The topological polar surface area (TPSA) is 78.4 Å². The van der Waals surface area contributed by atoms with Crippen molar-refractivity contribution in [1.82, 2.24) is 9.97 Å². The zero-order valence-electron chi connectivity index (χ0n) is 10.3. The first kappa shape index (κ1) is 15.6. The van der Waals surface area contributed by atoms with Gasteiger partial charge in [-0.2, -0.15) is 13.2 Å². The Kier molecular flexibility index (Phi) is 4.42. The number of halogens is 3. The zero-order chi connectivity index (χ0) is 15.6. The number of hydrogen-bond donors (Lipinski definition) is 0. The molecule has 1 unspecified atom stereocenters. The van der Waals surface area contributed by atoms with Crippen LogP contribution in [0.3, 0.4) is 0 Å². The molecule has 11 heteroatoms. The van der Waals surface area contributed by atoms with Gasteiger partial charge in [0.25, 0.3) is 0 Å². The molecular formula is C10H7F3N2O4S2. The fourth-order valence-electron chi connectivity index (χ4n) is 1.35. The average Bonchev–Trinajstić information content (AvgIpc) is 2.86. The van der Waals surface area contributed by atoms with E-state index >= 15 is 0 Å². The maximum Gasteiger partial charge on any atom is 0.508 e. The van der Waals surface area contributed by atoms with Gasteiger partial charge in [0.05, 0.1) is 18.3 Å². The third-order valence-corrected chi connectivity index (χ3v) is 3.69. The number of esters is 1. The third kappa shape index (κ3) is 3.29. The Bertz CT molecular complexity index is 701. The minimum atomic E-state index is -5.08. The Labute approximate surface area is 122 Å². The Morgan fingerprint density at radius 1 is 1.43 bits per heavy atom. The second-order valence-corrected chi connectivity index (χ2v) is 5.44. The van der Waals surface area contributed by atoms with Crippen LogP contribution in [0.15, 0.2) is 11.7 Å². The molecule has 2 aromatic rings. The first-order chi connectivity index (χ1) is 9.84. The number of fused-ring (bicyclic) bond motifs is 1. The Morgan fingerprint density at radius 2 is 2.14 bits per heavy atom. The fourth-order valence-corrected chi connectivity index (χ4v) is 2.56. The van der Waals surface area contributed by atoms with Gasteiger partial charge in [0.15, 0.2) is 11.4 Å². The van der Waals surface area contributed by atoms with Gasteiger partial charge in [-0.1, -0.05) is 0 Å². The summed E-state index contributed by atoms with van der Waals surface area (Å²) in [6, 6.07) is 0. The van der Waals surface area contributed by atoms with E-state index in [0.717, 1.165) is 11.3 Å². The number of ether oxygens (including phenoxy) is 1. The van der Waals surface area contributed by atoms with Crippen LogP contribution in [0.1, 0.15) is 17.4 Å². The molecule has 114 valence electrons. The van der Waals surface area contributed by atoms with Crippen LogP contribution in [0.5, 0.6) is 5.75 Å². The monoisotopic (exact) mass is 340 g/mol. The zero-order valence-corrected chi connectivity index (χ0v) is 12.0. The summed E-state index contributed by atoms with van der Waals surface area (Å²) < 4.78 is 57.4. The van der Waals surface area contributed by atoms with Gasteiger partial charge >= 0.3 is 22.6 Å². The van der Waals surface area contributed by atoms with Gasteiger partial charge in [-0.05, 0) is 6.92 Å². The maximum absolute atomic E-state index is 12.4. The molecular weight excluding hydrogens is 333 g/mol. The van der Waals surface area contributed by atoms with Crippen molar-refractivity contribution >= 4 is 38.6 Å². The van der Waals surface area contributed by atoms with Gasteiger partial charge in [0.1, 0.15) is 10.2 Å². The van der Waals surface area contributed by atoms with Crippen molar-refractivity contribution < 1.29 is 31.1 Å². The van der Waals surface area contributed by atoms with E-state index in [0.29, 0.717) is 0 Å². The first-order valence-corrected chi connectivity index (χ1v) is 7.36. The van der Waals surface area contributed by atoms with Crippen LogP contribution in [0.2, 0.25) is 0 Å². The summed E-state index contributed by atoms with van der Waals surface area (Å²) in [7, 11) is 0. The lowest BCUT2D eigenvalue weighted by atomic mass is 10.3. The van der Waals surface area contributed by atoms with Crippen molar-refractivity contribution in [3.8, 4) is 5.75 Å². The van der Waals surface area contributed by atoms with E-state index in [1.54, 1.807) is 0 Å². The number of aromatic nitrogens is 2. The lowest BCUT2D eigenvalue weighted by molar-refractivity contribution is -0.0437. The lowest BCUT2D eigenvalue weighted by Crippen LogP contribution is -2.22. The van der Waals surface area contributed by atoms with Gasteiger partial charge in [-0.15, -0.1) is 11.3 Å². The second kappa shape index (κ2) is 5.93. The smallest absolute Gasteiger partial charge is 0.461 e. The van der Waals surface area contributed by atoms with Crippen LogP contribution in [-0.2, 0) is 15.8 Å². The van der Waals surface area contributed by atoms with Crippen LogP contribution >= 0.6 is 11.3 Å². The fraction of sp³-hybridized carbons (Fsp3) is 0.300. The number of hydrogen-bond acceptors (Lipinski definition) is 7. The normalized spacial score (nSPS) is 13.1. The maximum atomic E-state index is 12.4.